The van der Waals surface area contributed by atoms with Crippen LogP contribution in [0.25, 0.3) is 0 Å². The first-order valence-corrected chi connectivity index (χ1v) is 8.13. The van der Waals surface area contributed by atoms with Gasteiger partial charge in [-0.2, -0.15) is 0 Å². The van der Waals surface area contributed by atoms with Crippen molar-refractivity contribution in [3.05, 3.63) is 67.4 Å². The first kappa shape index (κ1) is 16.8. The second-order valence-electron chi connectivity index (χ2n) is 4.76. The lowest BCUT2D eigenvalue weighted by atomic mass is 9.97. The molecule has 2 aromatic carbocycles. The maximum absolute atomic E-state index is 14.5. The highest BCUT2D eigenvalue weighted by Crippen LogP contribution is 2.34. The van der Waals surface area contributed by atoms with Crippen molar-refractivity contribution in [3.8, 4) is 0 Å². The fourth-order valence-corrected chi connectivity index (χ4v) is 2.83. The van der Waals surface area contributed by atoms with Gasteiger partial charge in [0, 0.05) is 15.1 Å². The Morgan fingerprint density at radius 1 is 1.24 bits per heavy atom. The van der Waals surface area contributed by atoms with Crippen molar-refractivity contribution in [1.82, 2.24) is 5.32 Å². The van der Waals surface area contributed by atoms with Crippen LogP contribution in [0.15, 0.2) is 34.8 Å². The number of hydrogen-bond donors (Lipinski definition) is 1. The summed E-state index contributed by atoms with van der Waals surface area (Å²) in [6, 6.07) is 8.93. The van der Waals surface area contributed by atoms with Crippen molar-refractivity contribution in [3.63, 3.8) is 0 Å². The average molecular weight is 391 g/mol. The van der Waals surface area contributed by atoms with Crippen molar-refractivity contribution >= 4 is 39.1 Å². The van der Waals surface area contributed by atoms with E-state index in [2.05, 4.69) is 21.2 Å². The molecule has 0 aliphatic carbocycles. The monoisotopic (exact) mass is 389 g/mol. The van der Waals surface area contributed by atoms with Crippen LogP contribution in [-0.2, 0) is 0 Å². The molecule has 0 spiro atoms. The summed E-state index contributed by atoms with van der Waals surface area (Å²) in [5.41, 5.74) is 2.40. The maximum Gasteiger partial charge on any atom is 0.148 e. The number of rotatable bonds is 4. The zero-order chi connectivity index (χ0) is 15.6. The molecule has 21 heavy (non-hydrogen) atoms. The van der Waals surface area contributed by atoms with Gasteiger partial charge in [0.2, 0.25) is 0 Å². The predicted molar refractivity (Wildman–Crippen MR) is 90.8 cm³/mol. The van der Waals surface area contributed by atoms with Gasteiger partial charge in [-0.15, -0.1) is 0 Å². The molecule has 1 atom stereocenters. The largest absolute Gasteiger partial charge is 0.306 e. The molecule has 0 aliphatic rings. The van der Waals surface area contributed by atoms with Crippen molar-refractivity contribution in [2.75, 3.05) is 6.54 Å². The lowest BCUT2D eigenvalue weighted by molar-refractivity contribution is 0.559. The van der Waals surface area contributed by atoms with E-state index in [1.54, 1.807) is 12.1 Å². The summed E-state index contributed by atoms with van der Waals surface area (Å²) in [6.45, 7) is 4.61. The van der Waals surface area contributed by atoms with Gasteiger partial charge in [-0.25, -0.2) is 4.39 Å². The summed E-state index contributed by atoms with van der Waals surface area (Å²) >= 11 is 15.4. The third kappa shape index (κ3) is 3.59. The molecule has 0 saturated carbocycles. The van der Waals surface area contributed by atoms with Crippen molar-refractivity contribution in [1.29, 1.82) is 0 Å². The van der Waals surface area contributed by atoms with Crippen LogP contribution in [0.4, 0.5) is 4.39 Å². The Balaban J connectivity index is 2.53. The van der Waals surface area contributed by atoms with Gasteiger partial charge in [0.15, 0.2) is 0 Å². The Kier molecular flexibility index (Phi) is 5.67. The quantitative estimate of drug-likeness (QED) is 0.640. The Hall–Kier alpha value is -0.610. The lowest BCUT2D eigenvalue weighted by Gasteiger charge is -2.21. The van der Waals surface area contributed by atoms with Gasteiger partial charge in [-0.1, -0.05) is 48.3 Å². The minimum Gasteiger partial charge on any atom is -0.306 e. The number of nitrogens with one attached hydrogen (secondary N) is 1. The van der Waals surface area contributed by atoms with Crippen molar-refractivity contribution in [2.24, 2.45) is 0 Å². The summed E-state index contributed by atoms with van der Waals surface area (Å²) < 4.78 is 15.0. The summed E-state index contributed by atoms with van der Waals surface area (Å²) in [4.78, 5) is 0. The Bertz CT molecular complexity index is 661. The summed E-state index contributed by atoms with van der Waals surface area (Å²) in [7, 11) is 0. The molecule has 1 unspecified atom stereocenters. The Morgan fingerprint density at radius 3 is 2.57 bits per heavy atom. The summed E-state index contributed by atoms with van der Waals surface area (Å²) in [5.74, 6) is -0.423. The number of aryl methyl sites for hydroxylation is 1. The molecule has 0 aliphatic heterocycles. The molecule has 112 valence electrons. The van der Waals surface area contributed by atoms with E-state index in [0.717, 1.165) is 11.1 Å². The van der Waals surface area contributed by atoms with E-state index >= 15 is 0 Å². The smallest absolute Gasteiger partial charge is 0.148 e. The second-order valence-corrected chi connectivity index (χ2v) is 6.40. The third-order valence-corrected chi connectivity index (χ3v) is 4.98. The molecule has 0 radical (unpaired) electrons. The fraction of sp³-hybridized carbons (Fsp3) is 0.250. The SMILES string of the molecule is CCNC(c1ccc(C)c(Cl)c1)c1ccc(Br)c(Cl)c1F. The van der Waals surface area contributed by atoms with Crippen LogP contribution in [-0.4, -0.2) is 6.54 Å². The molecule has 0 fully saturated rings. The van der Waals surface area contributed by atoms with E-state index in [1.807, 2.05) is 32.0 Å². The van der Waals surface area contributed by atoms with Gasteiger partial charge >= 0.3 is 0 Å². The normalized spacial score (nSPS) is 12.5. The molecule has 1 N–H and O–H groups in total. The minimum atomic E-state index is -0.423. The molecular formula is C16H15BrCl2FN. The predicted octanol–water partition coefficient (Wildman–Crippen LogP) is 5.90. The van der Waals surface area contributed by atoms with E-state index in [0.29, 0.717) is 21.6 Å². The third-order valence-electron chi connectivity index (χ3n) is 3.31. The molecule has 0 bridgehead atoms. The van der Waals surface area contributed by atoms with Gasteiger partial charge in [-0.3, -0.25) is 0 Å². The van der Waals surface area contributed by atoms with E-state index in [1.165, 1.54) is 0 Å². The number of benzene rings is 2. The zero-order valence-corrected chi connectivity index (χ0v) is 14.8. The van der Waals surface area contributed by atoms with Crippen LogP contribution in [0.2, 0.25) is 10.0 Å². The standard InChI is InChI=1S/C16H15BrCl2FN/c1-3-21-16(10-5-4-9(2)13(18)8-10)11-6-7-12(17)14(19)15(11)20/h4-8,16,21H,3H2,1-2H3. The highest BCUT2D eigenvalue weighted by atomic mass is 79.9. The van der Waals surface area contributed by atoms with Gasteiger partial charge in [-0.05, 0) is 52.7 Å². The minimum absolute atomic E-state index is 0.0913. The van der Waals surface area contributed by atoms with E-state index in [9.17, 15) is 4.39 Å². The molecular weight excluding hydrogens is 376 g/mol. The van der Waals surface area contributed by atoms with E-state index in [4.69, 9.17) is 23.2 Å². The molecule has 0 heterocycles. The molecule has 2 rings (SSSR count). The first-order chi connectivity index (χ1) is 9.95. The summed E-state index contributed by atoms with van der Waals surface area (Å²) in [6.07, 6.45) is 0. The summed E-state index contributed by atoms with van der Waals surface area (Å²) in [5, 5.41) is 4.03. The number of halogens is 4. The van der Waals surface area contributed by atoms with Crippen LogP contribution in [0, 0.1) is 12.7 Å². The van der Waals surface area contributed by atoms with Crippen LogP contribution < -0.4 is 5.32 Å². The van der Waals surface area contributed by atoms with Crippen LogP contribution in [0.5, 0.6) is 0 Å². The van der Waals surface area contributed by atoms with E-state index < -0.39 is 5.82 Å². The maximum atomic E-state index is 14.5. The Labute approximate surface area is 142 Å². The molecule has 1 nitrogen and oxygen atoms in total. The second kappa shape index (κ2) is 7.10. The molecule has 0 saturated heterocycles. The van der Waals surface area contributed by atoms with Gasteiger partial charge < -0.3 is 5.32 Å². The van der Waals surface area contributed by atoms with Crippen molar-refractivity contribution < 1.29 is 4.39 Å². The molecule has 2 aromatic rings. The fourth-order valence-electron chi connectivity index (χ4n) is 2.16. The number of hydrogen-bond acceptors (Lipinski definition) is 1. The van der Waals surface area contributed by atoms with Gasteiger partial charge in [0.05, 0.1) is 11.1 Å². The molecule has 0 aromatic heterocycles. The Morgan fingerprint density at radius 2 is 1.95 bits per heavy atom. The van der Waals surface area contributed by atoms with E-state index in [-0.39, 0.29) is 11.1 Å². The van der Waals surface area contributed by atoms with Gasteiger partial charge in [0.25, 0.3) is 0 Å². The zero-order valence-electron chi connectivity index (χ0n) is 11.7. The first-order valence-electron chi connectivity index (χ1n) is 6.58. The topological polar surface area (TPSA) is 12.0 Å². The average Bonchev–Trinajstić information content (AvgIpc) is 2.46. The van der Waals surface area contributed by atoms with Crippen molar-refractivity contribution in [2.45, 2.75) is 19.9 Å². The molecule has 5 heteroatoms. The lowest BCUT2D eigenvalue weighted by Crippen LogP contribution is -2.23. The highest BCUT2D eigenvalue weighted by molar-refractivity contribution is 9.10. The highest BCUT2D eigenvalue weighted by Gasteiger charge is 2.20. The van der Waals surface area contributed by atoms with Gasteiger partial charge in [0.1, 0.15) is 5.82 Å². The van der Waals surface area contributed by atoms with Crippen LogP contribution in [0.3, 0.4) is 0 Å². The molecule has 0 amide bonds. The van der Waals surface area contributed by atoms with Crippen LogP contribution >= 0.6 is 39.1 Å². The van der Waals surface area contributed by atoms with Crippen LogP contribution in [0.1, 0.15) is 29.7 Å².